The Bertz CT molecular complexity index is 366. The summed E-state index contributed by atoms with van der Waals surface area (Å²) in [6, 6.07) is 3.75. The van der Waals surface area contributed by atoms with Gasteiger partial charge in [-0.2, -0.15) is 5.10 Å². The van der Waals surface area contributed by atoms with Crippen molar-refractivity contribution in [3.63, 3.8) is 0 Å². The van der Waals surface area contributed by atoms with E-state index in [1.54, 1.807) is 10.9 Å². The molecular formula is C8H8N4. The number of hydrogen-bond acceptors (Lipinski definition) is 3. The van der Waals surface area contributed by atoms with Crippen molar-refractivity contribution in [2.75, 3.05) is 0 Å². The van der Waals surface area contributed by atoms with Crippen LogP contribution >= 0.6 is 0 Å². The molecule has 0 radical (unpaired) electrons. The summed E-state index contributed by atoms with van der Waals surface area (Å²) in [6.07, 6.45) is 5.11. The lowest BCUT2D eigenvalue weighted by atomic mass is 10.3. The summed E-state index contributed by atoms with van der Waals surface area (Å²) in [7, 11) is 1.88. The lowest BCUT2D eigenvalue weighted by Crippen LogP contribution is -1.89. The SMILES string of the molecule is Cn1ccc(-c2ccncn2)n1. The van der Waals surface area contributed by atoms with Gasteiger partial charge < -0.3 is 0 Å². The maximum absolute atomic E-state index is 4.21. The van der Waals surface area contributed by atoms with Crippen LogP contribution in [0.5, 0.6) is 0 Å². The van der Waals surface area contributed by atoms with Crippen molar-refractivity contribution >= 4 is 0 Å². The smallest absolute Gasteiger partial charge is 0.116 e. The number of hydrogen-bond donors (Lipinski definition) is 0. The van der Waals surface area contributed by atoms with E-state index in [-0.39, 0.29) is 0 Å². The van der Waals surface area contributed by atoms with Gasteiger partial charge in [0.25, 0.3) is 0 Å². The first-order chi connectivity index (χ1) is 5.86. The van der Waals surface area contributed by atoms with E-state index in [2.05, 4.69) is 15.1 Å². The molecule has 0 amide bonds. The van der Waals surface area contributed by atoms with Crippen LogP contribution in [0, 0.1) is 0 Å². The third-order valence-electron chi connectivity index (χ3n) is 1.56. The number of aryl methyl sites for hydroxylation is 1. The van der Waals surface area contributed by atoms with Gasteiger partial charge in [-0.05, 0) is 12.1 Å². The molecule has 4 heteroatoms. The van der Waals surface area contributed by atoms with E-state index < -0.39 is 0 Å². The minimum atomic E-state index is 0.852. The minimum Gasteiger partial charge on any atom is -0.275 e. The zero-order valence-electron chi connectivity index (χ0n) is 6.68. The van der Waals surface area contributed by atoms with E-state index in [4.69, 9.17) is 0 Å². The van der Waals surface area contributed by atoms with Crippen molar-refractivity contribution in [3.05, 3.63) is 30.9 Å². The maximum Gasteiger partial charge on any atom is 0.116 e. The number of nitrogens with zero attached hydrogens (tertiary/aromatic N) is 4. The van der Waals surface area contributed by atoms with Gasteiger partial charge in [0.05, 0.1) is 5.69 Å². The molecule has 0 unspecified atom stereocenters. The molecule has 0 aliphatic carbocycles. The predicted molar refractivity (Wildman–Crippen MR) is 44.2 cm³/mol. The van der Waals surface area contributed by atoms with Gasteiger partial charge in [0.1, 0.15) is 12.0 Å². The average molecular weight is 160 g/mol. The molecule has 60 valence electrons. The van der Waals surface area contributed by atoms with Gasteiger partial charge in [0.2, 0.25) is 0 Å². The lowest BCUT2D eigenvalue weighted by Gasteiger charge is -1.91. The van der Waals surface area contributed by atoms with Crippen LogP contribution in [0.1, 0.15) is 0 Å². The maximum atomic E-state index is 4.21. The Kier molecular flexibility index (Phi) is 1.59. The van der Waals surface area contributed by atoms with Crippen molar-refractivity contribution in [3.8, 4) is 11.4 Å². The van der Waals surface area contributed by atoms with E-state index in [9.17, 15) is 0 Å². The second kappa shape index (κ2) is 2.73. The van der Waals surface area contributed by atoms with E-state index in [0.29, 0.717) is 0 Å². The van der Waals surface area contributed by atoms with Crippen LogP contribution in [0.25, 0.3) is 11.4 Å². The fourth-order valence-corrected chi connectivity index (χ4v) is 0.994. The van der Waals surface area contributed by atoms with Gasteiger partial charge in [-0.1, -0.05) is 0 Å². The fourth-order valence-electron chi connectivity index (χ4n) is 0.994. The first kappa shape index (κ1) is 6.97. The second-order valence-electron chi connectivity index (χ2n) is 2.47. The molecule has 0 saturated heterocycles. The van der Waals surface area contributed by atoms with Crippen LogP contribution in [0.15, 0.2) is 30.9 Å². The van der Waals surface area contributed by atoms with Crippen LogP contribution in [-0.4, -0.2) is 19.7 Å². The zero-order valence-corrected chi connectivity index (χ0v) is 6.68. The summed E-state index contributed by atoms with van der Waals surface area (Å²) in [6.45, 7) is 0. The molecule has 2 rings (SSSR count). The molecule has 0 saturated carbocycles. The second-order valence-corrected chi connectivity index (χ2v) is 2.47. The Labute approximate surface area is 69.9 Å². The van der Waals surface area contributed by atoms with Crippen LogP contribution in [0.3, 0.4) is 0 Å². The Hall–Kier alpha value is -1.71. The molecule has 2 aromatic heterocycles. The molecule has 12 heavy (non-hydrogen) atoms. The first-order valence-corrected chi connectivity index (χ1v) is 3.62. The van der Waals surface area contributed by atoms with Crippen molar-refractivity contribution in [1.29, 1.82) is 0 Å². The molecular weight excluding hydrogens is 152 g/mol. The van der Waals surface area contributed by atoms with Gasteiger partial charge in [0, 0.05) is 19.4 Å². The number of aromatic nitrogens is 4. The molecule has 0 atom stereocenters. The number of rotatable bonds is 1. The Balaban J connectivity index is 2.45. The zero-order chi connectivity index (χ0) is 8.39. The predicted octanol–water partition coefficient (Wildman–Crippen LogP) is 0.877. The summed E-state index contributed by atoms with van der Waals surface area (Å²) in [5.41, 5.74) is 1.73. The molecule has 0 bridgehead atoms. The normalized spacial score (nSPS) is 10.1. The van der Waals surface area contributed by atoms with Crippen molar-refractivity contribution < 1.29 is 0 Å². The van der Waals surface area contributed by atoms with Crippen LogP contribution in [0.4, 0.5) is 0 Å². The highest BCUT2D eigenvalue weighted by atomic mass is 15.2. The highest BCUT2D eigenvalue weighted by Gasteiger charge is 1.99. The van der Waals surface area contributed by atoms with E-state index >= 15 is 0 Å². The summed E-state index contributed by atoms with van der Waals surface area (Å²) in [4.78, 5) is 7.91. The third-order valence-corrected chi connectivity index (χ3v) is 1.56. The Morgan fingerprint density at radius 2 is 2.17 bits per heavy atom. The summed E-state index contributed by atoms with van der Waals surface area (Å²) in [5, 5.41) is 4.21. The highest BCUT2D eigenvalue weighted by Crippen LogP contribution is 2.10. The lowest BCUT2D eigenvalue weighted by molar-refractivity contribution is 0.770. The van der Waals surface area contributed by atoms with Gasteiger partial charge in [-0.25, -0.2) is 9.97 Å². The van der Waals surface area contributed by atoms with Crippen LogP contribution in [-0.2, 0) is 7.05 Å². The van der Waals surface area contributed by atoms with E-state index in [1.165, 1.54) is 6.33 Å². The van der Waals surface area contributed by atoms with Crippen LogP contribution in [0.2, 0.25) is 0 Å². The fraction of sp³-hybridized carbons (Fsp3) is 0.125. The molecule has 4 nitrogen and oxygen atoms in total. The van der Waals surface area contributed by atoms with E-state index in [1.807, 2.05) is 25.4 Å². The molecule has 0 spiro atoms. The first-order valence-electron chi connectivity index (χ1n) is 3.62. The largest absolute Gasteiger partial charge is 0.275 e. The third kappa shape index (κ3) is 1.18. The highest BCUT2D eigenvalue weighted by molar-refractivity contribution is 5.51. The van der Waals surface area contributed by atoms with Crippen LogP contribution < -0.4 is 0 Å². The van der Waals surface area contributed by atoms with Gasteiger partial charge in [0.15, 0.2) is 0 Å². The van der Waals surface area contributed by atoms with Crippen molar-refractivity contribution in [2.24, 2.45) is 7.05 Å². The molecule has 0 N–H and O–H groups in total. The summed E-state index contributed by atoms with van der Waals surface area (Å²) in [5.74, 6) is 0. The Morgan fingerprint density at radius 3 is 2.75 bits per heavy atom. The molecule has 2 aromatic rings. The van der Waals surface area contributed by atoms with Gasteiger partial charge in [-0.3, -0.25) is 4.68 Å². The van der Waals surface area contributed by atoms with Crippen molar-refractivity contribution in [2.45, 2.75) is 0 Å². The standard InChI is InChI=1S/C8H8N4/c1-12-5-3-8(11-12)7-2-4-9-6-10-7/h2-6H,1H3. The monoisotopic (exact) mass is 160 g/mol. The quantitative estimate of drug-likeness (QED) is 0.622. The molecule has 0 aromatic carbocycles. The molecule has 0 aliphatic rings. The average Bonchev–Trinajstić information content (AvgIpc) is 2.54. The van der Waals surface area contributed by atoms with Crippen molar-refractivity contribution in [1.82, 2.24) is 19.7 Å². The van der Waals surface area contributed by atoms with E-state index in [0.717, 1.165) is 11.4 Å². The topological polar surface area (TPSA) is 43.6 Å². The van der Waals surface area contributed by atoms with Gasteiger partial charge >= 0.3 is 0 Å². The molecule has 0 aliphatic heterocycles. The summed E-state index contributed by atoms with van der Waals surface area (Å²) < 4.78 is 1.75. The molecule has 2 heterocycles. The van der Waals surface area contributed by atoms with Gasteiger partial charge in [-0.15, -0.1) is 0 Å². The Morgan fingerprint density at radius 1 is 1.25 bits per heavy atom. The minimum absolute atomic E-state index is 0.852. The summed E-state index contributed by atoms with van der Waals surface area (Å²) >= 11 is 0. The molecule has 0 fully saturated rings.